The zero-order valence-corrected chi connectivity index (χ0v) is 11.8. The molecule has 0 aliphatic heterocycles. The van der Waals surface area contributed by atoms with Gasteiger partial charge in [0.15, 0.2) is 0 Å². The minimum Gasteiger partial charge on any atom is -0.293 e. The molecule has 0 radical (unpaired) electrons. The fourth-order valence-corrected chi connectivity index (χ4v) is 4.26. The molecule has 0 spiro atoms. The Kier molecular flexibility index (Phi) is 5.06. The van der Waals surface area contributed by atoms with Gasteiger partial charge in [-0.25, -0.2) is 4.79 Å². The summed E-state index contributed by atoms with van der Waals surface area (Å²) in [4.78, 5) is 20.2. The van der Waals surface area contributed by atoms with Gasteiger partial charge in [0.1, 0.15) is 8.07 Å². The van der Waals surface area contributed by atoms with Crippen LogP contribution in [-0.4, -0.2) is 21.2 Å². The molecule has 1 aromatic rings. The Morgan fingerprint density at radius 1 is 1.28 bits per heavy atom. The van der Waals surface area contributed by atoms with Gasteiger partial charge >= 0.3 is 5.97 Å². The first-order valence-electron chi connectivity index (χ1n) is 5.76. The first kappa shape index (κ1) is 14.4. The predicted molar refractivity (Wildman–Crippen MR) is 75.1 cm³/mol. The highest BCUT2D eigenvalue weighted by Gasteiger charge is 2.26. The quantitative estimate of drug-likeness (QED) is 0.449. The number of rotatable bonds is 6. The summed E-state index contributed by atoms with van der Waals surface area (Å²) < 4.78 is 0. The molecule has 0 saturated heterocycles. The second-order valence-corrected chi connectivity index (χ2v) is 8.10. The van der Waals surface area contributed by atoms with E-state index in [0.717, 1.165) is 6.04 Å². The fraction of sp³-hybridized carbons (Fsp3) is 0.214. The van der Waals surface area contributed by atoms with Crippen molar-refractivity contribution in [2.24, 2.45) is 0 Å². The third-order valence-electron chi connectivity index (χ3n) is 3.13. The predicted octanol–water partition coefficient (Wildman–Crippen LogP) is 2.53. The Morgan fingerprint density at radius 2 is 1.83 bits per heavy atom. The van der Waals surface area contributed by atoms with Crippen molar-refractivity contribution in [3.05, 3.63) is 54.4 Å². The van der Waals surface area contributed by atoms with Crippen LogP contribution in [0.2, 0.25) is 6.04 Å². The Morgan fingerprint density at radius 3 is 2.22 bits per heavy atom. The topological polar surface area (TPSA) is 35.5 Å². The van der Waals surface area contributed by atoms with Crippen LogP contribution in [0.1, 0.15) is 17.3 Å². The molecule has 18 heavy (non-hydrogen) atoms. The van der Waals surface area contributed by atoms with Crippen molar-refractivity contribution in [3.63, 3.8) is 0 Å². The maximum atomic E-state index is 11.4. The van der Waals surface area contributed by atoms with Crippen LogP contribution in [0.15, 0.2) is 48.8 Å². The van der Waals surface area contributed by atoms with Crippen molar-refractivity contribution >= 4 is 19.2 Å². The molecule has 0 bridgehead atoms. The van der Waals surface area contributed by atoms with Gasteiger partial charge in [0.2, 0.25) is 0 Å². The molecule has 0 amide bonds. The van der Waals surface area contributed by atoms with Crippen LogP contribution in [0.25, 0.3) is 0 Å². The van der Waals surface area contributed by atoms with Gasteiger partial charge < -0.3 is 0 Å². The SMILES string of the molecule is C=C[Si](C=C)(CC)c1ccc(C(=O)OOC)cc1. The molecule has 1 rings (SSSR count). The highest BCUT2D eigenvalue weighted by atomic mass is 28.3. The lowest BCUT2D eigenvalue weighted by molar-refractivity contribution is -0.216. The molecule has 96 valence electrons. The molecule has 3 nitrogen and oxygen atoms in total. The van der Waals surface area contributed by atoms with Crippen LogP contribution in [0.5, 0.6) is 0 Å². The summed E-state index contributed by atoms with van der Waals surface area (Å²) in [6, 6.07) is 8.35. The van der Waals surface area contributed by atoms with E-state index in [1.54, 1.807) is 12.1 Å². The summed E-state index contributed by atoms with van der Waals surface area (Å²) >= 11 is 0. The van der Waals surface area contributed by atoms with E-state index in [-0.39, 0.29) is 0 Å². The smallest absolute Gasteiger partial charge is 0.293 e. The van der Waals surface area contributed by atoms with Crippen LogP contribution in [0.3, 0.4) is 0 Å². The van der Waals surface area contributed by atoms with Gasteiger partial charge in [-0.3, -0.25) is 4.89 Å². The number of hydrogen-bond donors (Lipinski definition) is 0. The van der Waals surface area contributed by atoms with E-state index in [9.17, 15) is 4.79 Å². The van der Waals surface area contributed by atoms with Crippen LogP contribution in [-0.2, 0) is 9.78 Å². The lowest BCUT2D eigenvalue weighted by Gasteiger charge is -2.23. The Labute approximate surface area is 109 Å². The minimum absolute atomic E-state index is 0.465. The molecule has 0 unspecified atom stereocenters. The van der Waals surface area contributed by atoms with Gasteiger partial charge in [-0.1, -0.05) is 35.6 Å². The number of carbonyl (C=O) groups is 1. The molecule has 4 heteroatoms. The Hall–Kier alpha value is -1.65. The molecule has 0 aromatic heterocycles. The minimum atomic E-state index is -1.83. The van der Waals surface area contributed by atoms with E-state index in [0.29, 0.717) is 5.56 Å². The van der Waals surface area contributed by atoms with Crippen molar-refractivity contribution in [1.82, 2.24) is 0 Å². The van der Waals surface area contributed by atoms with Crippen LogP contribution in [0, 0.1) is 0 Å². The maximum Gasteiger partial charge on any atom is 0.373 e. The summed E-state index contributed by atoms with van der Waals surface area (Å²) in [6.07, 6.45) is 0. The molecule has 0 atom stereocenters. The van der Waals surface area contributed by atoms with Gasteiger partial charge in [-0.15, -0.1) is 13.2 Å². The second-order valence-electron chi connectivity index (χ2n) is 3.92. The first-order chi connectivity index (χ1) is 8.63. The zero-order valence-electron chi connectivity index (χ0n) is 10.8. The molecule has 0 aliphatic carbocycles. The monoisotopic (exact) mass is 262 g/mol. The molecular formula is C14H18O3Si. The second kappa shape index (κ2) is 6.33. The highest BCUT2D eigenvalue weighted by molar-refractivity contribution is 6.99. The Balaban J connectivity index is 3.05. The van der Waals surface area contributed by atoms with Crippen molar-refractivity contribution in [2.45, 2.75) is 13.0 Å². The summed E-state index contributed by atoms with van der Waals surface area (Å²) in [7, 11) is -0.523. The summed E-state index contributed by atoms with van der Waals surface area (Å²) in [5, 5.41) is 1.18. The van der Waals surface area contributed by atoms with Crippen molar-refractivity contribution in [1.29, 1.82) is 0 Å². The fourth-order valence-electron chi connectivity index (χ4n) is 1.85. The van der Waals surface area contributed by atoms with E-state index < -0.39 is 14.0 Å². The highest BCUT2D eigenvalue weighted by Crippen LogP contribution is 2.13. The molecule has 0 heterocycles. The third-order valence-corrected chi connectivity index (χ3v) is 7.17. The largest absolute Gasteiger partial charge is 0.373 e. The summed E-state index contributed by atoms with van der Waals surface area (Å²) in [5.41, 5.74) is 4.47. The molecular weight excluding hydrogens is 244 g/mol. The van der Waals surface area contributed by atoms with Crippen LogP contribution in [0.4, 0.5) is 0 Å². The van der Waals surface area contributed by atoms with Gasteiger partial charge in [-0.2, -0.15) is 4.89 Å². The third kappa shape index (κ3) is 2.78. The van der Waals surface area contributed by atoms with Gasteiger partial charge in [0, 0.05) is 0 Å². The number of benzene rings is 1. The van der Waals surface area contributed by atoms with E-state index in [4.69, 9.17) is 0 Å². The van der Waals surface area contributed by atoms with E-state index >= 15 is 0 Å². The zero-order chi connectivity index (χ0) is 13.6. The molecule has 0 saturated carbocycles. The van der Waals surface area contributed by atoms with Crippen LogP contribution >= 0.6 is 0 Å². The van der Waals surface area contributed by atoms with Crippen molar-refractivity contribution < 1.29 is 14.6 Å². The lowest BCUT2D eigenvalue weighted by Crippen LogP contribution is -2.43. The van der Waals surface area contributed by atoms with Gasteiger partial charge in [-0.05, 0) is 18.2 Å². The van der Waals surface area contributed by atoms with Crippen molar-refractivity contribution in [3.8, 4) is 0 Å². The maximum absolute atomic E-state index is 11.4. The van der Waals surface area contributed by atoms with E-state index in [1.165, 1.54) is 12.3 Å². The van der Waals surface area contributed by atoms with Gasteiger partial charge in [0.05, 0.1) is 12.7 Å². The van der Waals surface area contributed by atoms with Gasteiger partial charge in [0.25, 0.3) is 0 Å². The lowest BCUT2D eigenvalue weighted by atomic mass is 10.2. The molecule has 0 aliphatic rings. The molecule has 0 fully saturated rings. The number of hydrogen-bond acceptors (Lipinski definition) is 3. The standard InChI is InChI=1S/C14H18O3Si/c1-5-18(6-2,7-3)13-10-8-12(9-11-13)14(15)17-16-4/h5-6,8-11H,1-2,7H2,3-4H3. The summed E-state index contributed by atoms with van der Waals surface area (Å²) in [6.45, 7) is 9.96. The average Bonchev–Trinajstić information content (AvgIpc) is 2.42. The summed E-state index contributed by atoms with van der Waals surface area (Å²) in [5.74, 6) is -0.495. The molecule has 0 N–H and O–H groups in total. The molecule has 1 aromatic carbocycles. The van der Waals surface area contributed by atoms with Crippen LogP contribution < -0.4 is 5.19 Å². The first-order valence-corrected chi connectivity index (χ1v) is 8.12. The Bertz CT molecular complexity index is 429. The normalized spacial score (nSPS) is 10.8. The van der Waals surface area contributed by atoms with Crippen molar-refractivity contribution in [2.75, 3.05) is 7.11 Å². The average molecular weight is 262 g/mol. The van der Waals surface area contributed by atoms with E-state index in [1.807, 2.05) is 23.5 Å². The van der Waals surface area contributed by atoms with E-state index in [2.05, 4.69) is 29.9 Å². The number of carbonyl (C=O) groups excluding carboxylic acids is 1.